The second kappa shape index (κ2) is 8.57. The van der Waals surface area contributed by atoms with Gasteiger partial charge in [-0.05, 0) is 30.5 Å². The standard InChI is InChI=1S/C18H21ClF3N3O3/c19-12-7-10(1-2-13(12)20)15(24-16(26)14-8-23-17(27)25-14)9-28-11-3-5-18(21,22)6-4-11/h1-2,7,11,14-15H,3-6,8-9H2,(H,24,26)(H2,23,25,27)/t14-,15+/m0/s1. The minimum absolute atomic E-state index is 0.0119. The Hall–Kier alpha value is -2.00. The van der Waals surface area contributed by atoms with Crippen molar-refractivity contribution in [1.29, 1.82) is 0 Å². The van der Waals surface area contributed by atoms with Crippen LogP contribution in [0, 0.1) is 5.82 Å². The highest BCUT2D eigenvalue weighted by atomic mass is 35.5. The zero-order chi connectivity index (χ0) is 20.3. The number of urea groups is 1. The summed E-state index contributed by atoms with van der Waals surface area (Å²) in [6.07, 6.45) is -0.378. The number of hydrogen-bond acceptors (Lipinski definition) is 3. The topological polar surface area (TPSA) is 79.5 Å². The molecule has 0 bridgehead atoms. The van der Waals surface area contributed by atoms with Crippen molar-refractivity contribution in [2.24, 2.45) is 0 Å². The number of alkyl halides is 2. The van der Waals surface area contributed by atoms with Gasteiger partial charge in [0.2, 0.25) is 11.8 Å². The normalized spacial score (nSPS) is 23.0. The molecule has 3 amide bonds. The van der Waals surface area contributed by atoms with Gasteiger partial charge in [-0.2, -0.15) is 0 Å². The summed E-state index contributed by atoms with van der Waals surface area (Å²) < 4.78 is 45.8. The van der Waals surface area contributed by atoms with Gasteiger partial charge in [-0.1, -0.05) is 17.7 Å². The highest BCUT2D eigenvalue weighted by molar-refractivity contribution is 6.30. The van der Waals surface area contributed by atoms with E-state index in [0.717, 1.165) is 0 Å². The van der Waals surface area contributed by atoms with E-state index in [2.05, 4.69) is 16.0 Å². The lowest BCUT2D eigenvalue weighted by atomic mass is 9.94. The molecule has 154 valence electrons. The predicted octanol–water partition coefficient (Wildman–Crippen LogP) is 2.91. The first-order chi connectivity index (χ1) is 13.2. The van der Waals surface area contributed by atoms with E-state index < -0.39 is 35.8 Å². The number of amides is 3. The first-order valence-electron chi connectivity index (χ1n) is 9.02. The molecule has 0 spiro atoms. The van der Waals surface area contributed by atoms with Gasteiger partial charge in [0.1, 0.15) is 11.9 Å². The summed E-state index contributed by atoms with van der Waals surface area (Å²) >= 11 is 5.84. The summed E-state index contributed by atoms with van der Waals surface area (Å²) in [5.74, 6) is -3.70. The summed E-state index contributed by atoms with van der Waals surface area (Å²) in [6, 6.07) is 2.16. The van der Waals surface area contributed by atoms with Crippen LogP contribution in [0.3, 0.4) is 0 Å². The van der Waals surface area contributed by atoms with Gasteiger partial charge >= 0.3 is 6.03 Å². The number of ether oxygens (including phenoxy) is 1. The molecule has 0 radical (unpaired) electrons. The van der Waals surface area contributed by atoms with Crippen molar-refractivity contribution in [1.82, 2.24) is 16.0 Å². The number of nitrogens with one attached hydrogen (secondary N) is 3. The van der Waals surface area contributed by atoms with Crippen molar-refractivity contribution in [3.8, 4) is 0 Å². The Morgan fingerprint density at radius 1 is 1.36 bits per heavy atom. The second-order valence-electron chi connectivity index (χ2n) is 7.03. The molecule has 3 N–H and O–H groups in total. The van der Waals surface area contributed by atoms with Crippen LogP contribution in [0.25, 0.3) is 0 Å². The molecule has 1 saturated heterocycles. The smallest absolute Gasteiger partial charge is 0.315 e. The van der Waals surface area contributed by atoms with Gasteiger partial charge in [-0.25, -0.2) is 18.0 Å². The largest absolute Gasteiger partial charge is 0.376 e. The average molecular weight is 420 g/mol. The minimum atomic E-state index is -2.66. The van der Waals surface area contributed by atoms with E-state index in [4.69, 9.17) is 16.3 Å². The molecule has 1 aromatic carbocycles. The molecule has 3 rings (SSSR count). The third kappa shape index (κ3) is 5.29. The summed E-state index contributed by atoms with van der Waals surface area (Å²) in [7, 11) is 0. The molecule has 2 atom stereocenters. The van der Waals surface area contributed by atoms with Crippen molar-refractivity contribution in [3.63, 3.8) is 0 Å². The Labute approximate surface area is 165 Å². The molecule has 0 aromatic heterocycles. The van der Waals surface area contributed by atoms with Crippen molar-refractivity contribution in [2.75, 3.05) is 13.2 Å². The van der Waals surface area contributed by atoms with Gasteiger partial charge in [0, 0.05) is 19.4 Å². The zero-order valence-electron chi connectivity index (χ0n) is 14.9. The van der Waals surface area contributed by atoms with Crippen LogP contribution in [-0.4, -0.2) is 43.2 Å². The SMILES string of the molecule is O=C1NC[C@@H](C(=O)N[C@H](COC2CCC(F)(F)CC2)c2ccc(F)c(Cl)c2)N1. The Bertz CT molecular complexity index is 740. The lowest BCUT2D eigenvalue weighted by Gasteiger charge is -2.30. The summed E-state index contributed by atoms with van der Waals surface area (Å²) in [5.41, 5.74) is 0.512. The van der Waals surface area contributed by atoms with Gasteiger partial charge in [-0.15, -0.1) is 0 Å². The fourth-order valence-electron chi connectivity index (χ4n) is 3.25. The number of halogens is 4. The number of carbonyl (C=O) groups is 2. The fourth-order valence-corrected chi connectivity index (χ4v) is 3.44. The van der Waals surface area contributed by atoms with Crippen LogP contribution in [-0.2, 0) is 9.53 Å². The molecule has 10 heteroatoms. The third-order valence-corrected chi connectivity index (χ3v) is 5.20. The van der Waals surface area contributed by atoms with Crippen molar-refractivity contribution in [3.05, 3.63) is 34.6 Å². The van der Waals surface area contributed by atoms with E-state index in [0.29, 0.717) is 5.56 Å². The third-order valence-electron chi connectivity index (χ3n) is 4.91. The van der Waals surface area contributed by atoms with E-state index in [1.54, 1.807) is 0 Å². The van der Waals surface area contributed by atoms with Crippen molar-refractivity contribution < 1.29 is 27.5 Å². The van der Waals surface area contributed by atoms with Crippen LogP contribution in [0.2, 0.25) is 5.02 Å². The highest BCUT2D eigenvalue weighted by Crippen LogP contribution is 2.34. The van der Waals surface area contributed by atoms with Crippen molar-refractivity contribution in [2.45, 2.75) is 49.8 Å². The highest BCUT2D eigenvalue weighted by Gasteiger charge is 2.36. The summed E-state index contributed by atoms with van der Waals surface area (Å²) in [4.78, 5) is 23.7. The molecule has 0 unspecified atom stereocenters. The number of benzene rings is 1. The number of rotatable bonds is 6. The van der Waals surface area contributed by atoms with E-state index in [-0.39, 0.29) is 50.0 Å². The first-order valence-corrected chi connectivity index (χ1v) is 9.40. The van der Waals surface area contributed by atoms with Gasteiger partial charge < -0.3 is 20.7 Å². The maximum Gasteiger partial charge on any atom is 0.315 e. The molecule has 6 nitrogen and oxygen atoms in total. The van der Waals surface area contributed by atoms with E-state index in [1.807, 2.05) is 0 Å². The maximum absolute atomic E-state index is 13.5. The lowest BCUT2D eigenvalue weighted by molar-refractivity contribution is -0.124. The lowest BCUT2D eigenvalue weighted by Crippen LogP contribution is -2.45. The van der Waals surface area contributed by atoms with Crippen LogP contribution >= 0.6 is 11.6 Å². The number of hydrogen-bond donors (Lipinski definition) is 3. The van der Waals surface area contributed by atoms with Crippen LogP contribution in [0.5, 0.6) is 0 Å². The molecular formula is C18H21ClF3N3O3. The van der Waals surface area contributed by atoms with Gasteiger partial charge in [0.15, 0.2) is 0 Å². The molecular weight excluding hydrogens is 399 g/mol. The van der Waals surface area contributed by atoms with Gasteiger partial charge in [0.05, 0.1) is 23.8 Å². The molecule has 1 heterocycles. The molecule has 1 aromatic rings. The second-order valence-corrected chi connectivity index (χ2v) is 7.44. The quantitative estimate of drug-likeness (QED) is 0.663. The average Bonchev–Trinajstić information content (AvgIpc) is 3.08. The predicted molar refractivity (Wildman–Crippen MR) is 95.8 cm³/mol. The molecule has 1 aliphatic carbocycles. The van der Waals surface area contributed by atoms with E-state index in [1.165, 1.54) is 18.2 Å². The molecule has 2 fully saturated rings. The molecule has 28 heavy (non-hydrogen) atoms. The minimum Gasteiger partial charge on any atom is -0.376 e. The summed E-state index contributed by atoms with van der Waals surface area (Å²) in [6.45, 7) is 0.151. The van der Waals surface area contributed by atoms with Crippen LogP contribution < -0.4 is 16.0 Å². The molecule has 2 aliphatic rings. The van der Waals surface area contributed by atoms with E-state index in [9.17, 15) is 22.8 Å². The van der Waals surface area contributed by atoms with Crippen LogP contribution in [0.15, 0.2) is 18.2 Å². The van der Waals surface area contributed by atoms with Crippen LogP contribution in [0.4, 0.5) is 18.0 Å². The first kappa shape index (κ1) is 20.7. The summed E-state index contributed by atoms with van der Waals surface area (Å²) in [5, 5.41) is 7.60. The molecule has 1 saturated carbocycles. The van der Waals surface area contributed by atoms with Gasteiger partial charge in [0.25, 0.3) is 0 Å². The Kier molecular flexibility index (Phi) is 6.34. The Morgan fingerprint density at radius 3 is 2.68 bits per heavy atom. The Balaban J connectivity index is 1.66. The monoisotopic (exact) mass is 419 g/mol. The Morgan fingerprint density at radius 2 is 2.07 bits per heavy atom. The maximum atomic E-state index is 13.5. The molecule has 1 aliphatic heterocycles. The van der Waals surface area contributed by atoms with Crippen molar-refractivity contribution >= 4 is 23.5 Å². The fraction of sp³-hybridized carbons (Fsp3) is 0.556. The van der Waals surface area contributed by atoms with E-state index >= 15 is 0 Å². The number of carbonyl (C=O) groups excluding carboxylic acids is 2. The van der Waals surface area contributed by atoms with Crippen LogP contribution in [0.1, 0.15) is 37.3 Å². The van der Waals surface area contributed by atoms with Gasteiger partial charge in [-0.3, -0.25) is 4.79 Å². The zero-order valence-corrected chi connectivity index (χ0v) is 15.7.